The van der Waals surface area contributed by atoms with Crippen LogP contribution in [0.3, 0.4) is 0 Å². The maximum Gasteiger partial charge on any atom is 0.256 e. The lowest BCUT2D eigenvalue weighted by atomic mass is 10.0. The van der Waals surface area contributed by atoms with Gasteiger partial charge in [0.2, 0.25) is 0 Å². The summed E-state index contributed by atoms with van der Waals surface area (Å²) in [4.78, 5) is 11.0. The number of benzene rings is 1. The van der Waals surface area contributed by atoms with Crippen LogP contribution in [0.1, 0.15) is 21.5 Å². The molecule has 1 aromatic carbocycles. The van der Waals surface area contributed by atoms with Gasteiger partial charge >= 0.3 is 0 Å². The van der Waals surface area contributed by atoms with Crippen molar-refractivity contribution in [1.82, 2.24) is 0 Å². The van der Waals surface area contributed by atoms with Crippen molar-refractivity contribution >= 4 is 16.8 Å². The predicted molar refractivity (Wildman–Crippen MR) is 52.6 cm³/mol. The zero-order valence-electron chi connectivity index (χ0n) is 7.80. The molecule has 0 aliphatic carbocycles. The first-order chi connectivity index (χ1) is 6.61. The smallest absolute Gasteiger partial charge is 0.256 e. The quantitative estimate of drug-likeness (QED) is 0.702. The molecule has 0 heterocycles. The van der Waals surface area contributed by atoms with E-state index in [9.17, 15) is 4.79 Å². The van der Waals surface area contributed by atoms with Gasteiger partial charge in [-0.1, -0.05) is 6.07 Å². The van der Waals surface area contributed by atoms with E-state index in [1.54, 1.807) is 19.1 Å². The molecule has 0 atom stereocenters. The Hall–Kier alpha value is -1.53. The molecule has 0 bridgehead atoms. The van der Waals surface area contributed by atoms with E-state index >= 15 is 0 Å². The molecule has 0 amide bonds. The molecule has 0 aliphatic heterocycles. The fourth-order valence-corrected chi connectivity index (χ4v) is 1.34. The number of aryl methyl sites for hydroxylation is 1. The highest BCUT2D eigenvalue weighted by atomic mass is 35.5. The first kappa shape index (κ1) is 10.6. The molecule has 0 saturated heterocycles. The zero-order chi connectivity index (χ0) is 10.7. The van der Waals surface area contributed by atoms with Gasteiger partial charge in [-0.05, 0) is 30.2 Å². The third kappa shape index (κ3) is 1.70. The molecule has 0 fully saturated rings. The summed E-state index contributed by atoms with van der Waals surface area (Å²) in [5.41, 5.74) is 1.32. The maximum atomic E-state index is 11.0. The average molecular weight is 210 g/mol. The number of hydrogen-bond donors (Lipinski definition) is 0. The number of carbonyl (C=O) groups is 1. The highest BCUT2D eigenvalue weighted by molar-refractivity contribution is 6.68. The Bertz CT molecular complexity index is 421. The maximum absolute atomic E-state index is 11.0. The lowest BCUT2D eigenvalue weighted by molar-refractivity contribution is 0.107. The lowest BCUT2D eigenvalue weighted by Gasteiger charge is -2.08. The molecule has 1 rings (SSSR count). The van der Waals surface area contributed by atoms with Crippen LogP contribution in [0.2, 0.25) is 0 Å². The van der Waals surface area contributed by atoms with Crippen molar-refractivity contribution in [2.75, 3.05) is 7.11 Å². The molecule has 0 aliphatic rings. The van der Waals surface area contributed by atoms with Crippen molar-refractivity contribution < 1.29 is 9.53 Å². The topological polar surface area (TPSA) is 50.1 Å². The number of nitrogens with zero attached hydrogens (tertiary/aromatic N) is 1. The molecule has 14 heavy (non-hydrogen) atoms. The summed E-state index contributed by atoms with van der Waals surface area (Å²) in [6, 6.07) is 5.18. The molecule has 0 spiro atoms. The normalized spacial score (nSPS) is 9.29. The van der Waals surface area contributed by atoms with Crippen LogP contribution in [-0.4, -0.2) is 12.4 Å². The number of hydrogen-bond acceptors (Lipinski definition) is 3. The lowest BCUT2D eigenvalue weighted by Crippen LogP contribution is -1.99. The van der Waals surface area contributed by atoms with Gasteiger partial charge in [0, 0.05) is 0 Å². The number of carbonyl (C=O) groups excluding carboxylic acids is 1. The summed E-state index contributed by atoms with van der Waals surface area (Å²) in [5.74, 6) is 0.243. The van der Waals surface area contributed by atoms with Crippen LogP contribution in [0, 0.1) is 18.3 Å². The Morgan fingerprint density at radius 3 is 2.64 bits per heavy atom. The van der Waals surface area contributed by atoms with E-state index in [1.165, 1.54) is 7.11 Å². The first-order valence-electron chi connectivity index (χ1n) is 3.89. The summed E-state index contributed by atoms with van der Waals surface area (Å²) in [7, 11) is 1.40. The number of nitriles is 1. The minimum absolute atomic E-state index is 0.219. The van der Waals surface area contributed by atoms with Gasteiger partial charge < -0.3 is 4.74 Å². The number of methoxy groups -OCH3 is 1. The second-order valence-corrected chi connectivity index (χ2v) is 3.07. The number of ether oxygens (including phenoxy) is 1. The molecule has 3 nitrogen and oxygen atoms in total. The van der Waals surface area contributed by atoms with Gasteiger partial charge in [-0.2, -0.15) is 5.26 Å². The molecule has 0 unspecified atom stereocenters. The fraction of sp³-hybridized carbons (Fsp3) is 0.200. The van der Waals surface area contributed by atoms with Crippen molar-refractivity contribution in [2.45, 2.75) is 6.92 Å². The first-order valence-corrected chi connectivity index (χ1v) is 4.27. The SMILES string of the molecule is COc1c(C(=O)Cl)ccc(C)c1C#N. The van der Waals surface area contributed by atoms with E-state index in [4.69, 9.17) is 21.6 Å². The summed E-state index contributed by atoms with van der Waals surface area (Å²) in [5, 5.41) is 8.23. The second kappa shape index (κ2) is 4.12. The highest BCUT2D eigenvalue weighted by Crippen LogP contribution is 2.27. The Balaban J connectivity index is 3.50. The van der Waals surface area contributed by atoms with Gasteiger partial charge in [-0.15, -0.1) is 0 Å². The Morgan fingerprint density at radius 1 is 1.57 bits per heavy atom. The monoisotopic (exact) mass is 209 g/mol. The minimum Gasteiger partial charge on any atom is -0.495 e. The molecular weight excluding hydrogens is 202 g/mol. The Labute approximate surface area is 86.9 Å². The summed E-state index contributed by atoms with van der Waals surface area (Å²) in [6.07, 6.45) is 0. The molecule has 0 radical (unpaired) electrons. The van der Waals surface area contributed by atoms with Gasteiger partial charge in [0.15, 0.2) is 0 Å². The zero-order valence-corrected chi connectivity index (χ0v) is 8.55. The van der Waals surface area contributed by atoms with Gasteiger partial charge in [0.05, 0.1) is 18.2 Å². The average Bonchev–Trinajstić information content (AvgIpc) is 2.16. The molecule has 0 saturated carbocycles. The van der Waals surface area contributed by atoms with Gasteiger partial charge in [-0.3, -0.25) is 4.79 Å². The Morgan fingerprint density at radius 2 is 2.21 bits per heavy atom. The minimum atomic E-state index is -0.627. The van der Waals surface area contributed by atoms with Crippen molar-refractivity contribution in [3.63, 3.8) is 0 Å². The van der Waals surface area contributed by atoms with E-state index in [0.717, 1.165) is 5.56 Å². The van der Waals surface area contributed by atoms with Crippen LogP contribution in [0.25, 0.3) is 0 Å². The van der Waals surface area contributed by atoms with E-state index in [-0.39, 0.29) is 11.3 Å². The van der Waals surface area contributed by atoms with Crippen molar-refractivity contribution in [3.8, 4) is 11.8 Å². The predicted octanol–water partition coefficient (Wildman–Crippen LogP) is 2.25. The molecular formula is C10H8ClNO2. The summed E-state index contributed by atoms with van der Waals surface area (Å²) in [6.45, 7) is 1.77. The molecule has 0 N–H and O–H groups in total. The molecule has 72 valence electrons. The fourth-order valence-electron chi connectivity index (χ4n) is 1.19. The van der Waals surface area contributed by atoms with Crippen molar-refractivity contribution in [1.29, 1.82) is 5.26 Å². The van der Waals surface area contributed by atoms with Crippen LogP contribution in [-0.2, 0) is 0 Å². The molecule has 0 aromatic heterocycles. The Kier molecular flexibility index (Phi) is 3.10. The van der Waals surface area contributed by atoms with Gasteiger partial charge in [0.1, 0.15) is 11.8 Å². The van der Waals surface area contributed by atoms with Crippen LogP contribution >= 0.6 is 11.6 Å². The summed E-state index contributed by atoms with van der Waals surface area (Å²) < 4.78 is 4.98. The van der Waals surface area contributed by atoms with E-state index in [2.05, 4.69) is 0 Å². The summed E-state index contributed by atoms with van der Waals surface area (Å²) >= 11 is 5.34. The standard InChI is InChI=1S/C10H8ClNO2/c1-6-3-4-7(10(11)13)9(14-2)8(6)5-12/h3-4H,1-2H3. The van der Waals surface area contributed by atoms with Crippen LogP contribution < -0.4 is 4.74 Å². The number of halogens is 1. The highest BCUT2D eigenvalue weighted by Gasteiger charge is 2.15. The van der Waals surface area contributed by atoms with Crippen molar-refractivity contribution in [2.24, 2.45) is 0 Å². The third-order valence-electron chi connectivity index (χ3n) is 1.89. The van der Waals surface area contributed by atoms with Gasteiger partial charge in [-0.25, -0.2) is 0 Å². The largest absolute Gasteiger partial charge is 0.495 e. The molecule has 4 heteroatoms. The number of rotatable bonds is 2. The molecule has 1 aromatic rings. The second-order valence-electron chi connectivity index (χ2n) is 2.72. The van der Waals surface area contributed by atoms with Crippen LogP contribution in [0.4, 0.5) is 0 Å². The van der Waals surface area contributed by atoms with E-state index in [0.29, 0.717) is 5.56 Å². The van der Waals surface area contributed by atoms with Gasteiger partial charge in [0.25, 0.3) is 5.24 Å². The van der Waals surface area contributed by atoms with E-state index in [1.807, 2.05) is 6.07 Å². The third-order valence-corrected chi connectivity index (χ3v) is 2.10. The van der Waals surface area contributed by atoms with E-state index < -0.39 is 5.24 Å². The van der Waals surface area contributed by atoms with Crippen molar-refractivity contribution in [3.05, 3.63) is 28.8 Å². The van der Waals surface area contributed by atoms with Crippen LogP contribution in [0.15, 0.2) is 12.1 Å². The van der Waals surface area contributed by atoms with Crippen LogP contribution in [0.5, 0.6) is 5.75 Å².